The summed E-state index contributed by atoms with van der Waals surface area (Å²) in [6.07, 6.45) is 2.70. The van der Waals surface area contributed by atoms with E-state index >= 15 is 0 Å². The first-order chi connectivity index (χ1) is 7.22. The number of hydrogen-bond donors (Lipinski definition) is 2. The van der Waals surface area contributed by atoms with Gasteiger partial charge >= 0.3 is 0 Å². The Balaban J connectivity index is 2.12. The fraction of sp³-hybridized carbons (Fsp3) is 0.545. The van der Waals surface area contributed by atoms with Crippen LogP contribution < -0.4 is 16.2 Å². The molecule has 0 aliphatic heterocycles. The molecule has 1 aromatic heterocycles. The number of nitrogens with zero attached hydrogens (tertiary/aromatic N) is 2. The lowest BCUT2D eigenvalue weighted by molar-refractivity contribution is 0.604. The van der Waals surface area contributed by atoms with Crippen molar-refractivity contribution in [1.29, 1.82) is 0 Å². The molecule has 1 saturated carbocycles. The highest BCUT2D eigenvalue weighted by molar-refractivity contribution is 5.46. The molecule has 4 nitrogen and oxygen atoms in total. The molecule has 0 spiro atoms. The van der Waals surface area contributed by atoms with Crippen LogP contribution in [0.4, 0.5) is 11.6 Å². The zero-order valence-electron chi connectivity index (χ0n) is 9.27. The molecule has 2 rings (SSSR count). The Bertz CT molecular complexity index is 335. The van der Waals surface area contributed by atoms with Gasteiger partial charge in [0, 0.05) is 13.1 Å². The van der Waals surface area contributed by atoms with Crippen molar-refractivity contribution in [3.63, 3.8) is 0 Å². The van der Waals surface area contributed by atoms with E-state index in [1.807, 2.05) is 18.2 Å². The van der Waals surface area contributed by atoms with Gasteiger partial charge < -0.3 is 10.3 Å². The maximum Gasteiger partial charge on any atom is 0.142 e. The van der Waals surface area contributed by atoms with Crippen molar-refractivity contribution in [2.45, 2.75) is 25.8 Å². The molecule has 1 atom stereocenters. The summed E-state index contributed by atoms with van der Waals surface area (Å²) >= 11 is 0. The van der Waals surface area contributed by atoms with Crippen LogP contribution in [0.3, 0.4) is 0 Å². The van der Waals surface area contributed by atoms with Crippen LogP contribution in [-0.2, 0) is 0 Å². The zero-order valence-corrected chi connectivity index (χ0v) is 9.27. The molecule has 1 fully saturated rings. The Morgan fingerprint density at radius 1 is 1.53 bits per heavy atom. The number of anilines is 2. The Hall–Kier alpha value is -1.29. The van der Waals surface area contributed by atoms with Crippen LogP contribution in [0.25, 0.3) is 0 Å². The number of aromatic nitrogens is 1. The molecule has 82 valence electrons. The number of rotatable bonds is 4. The molecular formula is C11H18N4. The van der Waals surface area contributed by atoms with E-state index in [0.29, 0.717) is 11.9 Å². The third kappa shape index (κ3) is 2.21. The highest BCUT2D eigenvalue weighted by Gasteiger charge is 2.30. The van der Waals surface area contributed by atoms with Crippen LogP contribution in [0.5, 0.6) is 0 Å². The molecule has 1 aliphatic rings. The summed E-state index contributed by atoms with van der Waals surface area (Å²) in [6.45, 7) is 2.25. The maximum absolute atomic E-state index is 5.34. The molecular weight excluding hydrogens is 188 g/mol. The monoisotopic (exact) mass is 206 g/mol. The molecule has 0 amide bonds. The van der Waals surface area contributed by atoms with Gasteiger partial charge in [-0.15, -0.1) is 0 Å². The van der Waals surface area contributed by atoms with Crippen molar-refractivity contribution >= 4 is 11.6 Å². The van der Waals surface area contributed by atoms with E-state index in [1.165, 1.54) is 12.8 Å². The van der Waals surface area contributed by atoms with Crippen molar-refractivity contribution in [1.82, 2.24) is 4.98 Å². The zero-order chi connectivity index (χ0) is 10.8. The van der Waals surface area contributed by atoms with Crippen LogP contribution in [0.1, 0.15) is 19.8 Å². The van der Waals surface area contributed by atoms with Crippen LogP contribution >= 0.6 is 0 Å². The standard InChI is InChI=1S/C11H18N4/c1-8(9-6-7-9)15(2)11-5-3-4-10(13-11)14-12/h3-5,8-9H,6-7,12H2,1-2H3,(H,13,14). The van der Waals surface area contributed by atoms with Crippen molar-refractivity contribution in [2.75, 3.05) is 17.4 Å². The summed E-state index contributed by atoms with van der Waals surface area (Å²) in [4.78, 5) is 6.63. The first kappa shape index (κ1) is 10.2. The van der Waals surface area contributed by atoms with E-state index in [4.69, 9.17) is 5.84 Å². The van der Waals surface area contributed by atoms with Gasteiger partial charge in [0.2, 0.25) is 0 Å². The number of hydrogen-bond acceptors (Lipinski definition) is 4. The molecule has 4 heteroatoms. The average Bonchev–Trinajstić information content (AvgIpc) is 3.11. The fourth-order valence-corrected chi connectivity index (χ4v) is 1.80. The van der Waals surface area contributed by atoms with Gasteiger partial charge in [-0.2, -0.15) is 0 Å². The molecule has 0 bridgehead atoms. The van der Waals surface area contributed by atoms with Gasteiger partial charge in [-0.05, 0) is 37.8 Å². The van der Waals surface area contributed by atoms with Crippen LogP contribution in [0.2, 0.25) is 0 Å². The summed E-state index contributed by atoms with van der Waals surface area (Å²) in [7, 11) is 2.09. The van der Waals surface area contributed by atoms with E-state index in [9.17, 15) is 0 Å². The van der Waals surface area contributed by atoms with Gasteiger partial charge in [0.1, 0.15) is 11.6 Å². The molecule has 15 heavy (non-hydrogen) atoms. The molecule has 1 heterocycles. The predicted octanol–water partition coefficient (Wildman–Crippen LogP) is 1.60. The third-order valence-electron chi connectivity index (χ3n) is 3.16. The third-order valence-corrected chi connectivity index (χ3v) is 3.16. The van der Waals surface area contributed by atoms with Crippen molar-refractivity contribution in [2.24, 2.45) is 11.8 Å². The smallest absolute Gasteiger partial charge is 0.142 e. The summed E-state index contributed by atoms with van der Waals surface area (Å²) < 4.78 is 0. The number of pyridine rings is 1. The first-order valence-corrected chi connectivity index (χ1v) is 5.39. The molecule has 0 aromatic carbocycles. The molecule has 1 unspecified atom stereocenters. The van der Waals surface area contributed by atoms with Crippen LogP contribution in [0, 0.1) is 5.92 Å². The Morgan fingerprint density at radius 2 is 2.27 bits per heavy atom. The van der Waals surface area contributed by atoms with Crippen molar-refractivity contribution < 1.29 is 0 Å². The highest BCUT2D eigenvalue weighted by atomic mass is 15.3. The lowest BCUT2D eigenvalue weighted by Crippen LogP contribution is -2.31. The van der Waals surface area contributed by atoms with E-state index in [2.05, 4.69) is 29.3 Å². The Kier molecular flexibility index (Phi) is 2.77. The second-order valence-electron chi connectivity index (χ2n) is 4.21. The molecule has 1 aromatic rings. The lowest BCUT2D eigenvalue weighted by atomic mass is 10.2. The maximum atomic E-state index is 5.34. The average molecular weight is 206 g/mol. The normalized spacial score (nSPS) is 17.3. The number of nitrogen functional groups attached to an aromatic ring is 1. The summed E-state index contributed by atoms with van der Waals surface area (Å²) in [5, 5.41) is 0. The van der Waals surface area contributed by atoms with Crippen molar-refractivity contribution in [3.8, 4) is 0 Å². The first-order valence-electron chi connectivity index (χ1n) is 5.39. The summed E-state index contributed by atoms with van der Waals surface area (Å²) in [6, 6.07) is 6.40. The van der Waals surface area contributed by atoms with E-state index < -0.39 is 0 Å². The van der Waals surface area contributed by atoms with E-state index in [0.717, 1.165) is 11.7 Å². The summed E-state index contributed by atoms with van der Waals surface area (Å²) in [5.41, 5.74) is 2.57. The fourth-order valence-electron chi connectivity index (χ4n) is 1.80. The van der Waals surface area contributed by atoms with Gasteiger partial charge in [0.25, 0.3) is 0 Å². The predicted molar refractivity (Wildman–Crippen MR) is 62.6 cm³/mol. The number of nitrogens with one attached hydrogen (secondary N) is 1. The molecule has 3 N–H and O–H groups in total. The number of nitrogens with two attached hydrogens (primary N) is 1. The summed E-state index contributed by atoms with van der Waals surface area (Å²) in [5.74, 6) is 7.86. The van der Waals surface area contributed by atoms with Gasteiger partial charge in [0.15, 0.2) is 0 Å². The quantitative estimate of drug-likeness (QED) is 0.580. The lowest BCUT2D eigenvalue weighted by Gasteiger charge is -2.26. The Morgan fingerprint density at radius 3 is 2.87 bits per heavy atom. The van der Waals surface area contributed by atoms with Crippen LogP contribution in [0.15, 0.2) is 18.2 Å². The second kappa shape index (κ2) is 4.06. The van der Waals surface area contributed by atoms with Gasteiger partial charge in [0.05, 0.1) is 0 Å². The minimum absolute atomic E-state index is 0.561. The SMILES string of the molecule is CC(C1CC1)N(C)c1cccc(NN)n1. The van der Waals surface area contributed by atoms with Crippen molar-refractivity contribution in [3.05, 3.63) is 18.2 Å². The molecule has 1 aliphatic carbocycles. The topological polar surface area (TPSA) is 54.2 Å². The van der Waals surface area contributed by atoms with E-state index in [1.54, 1.807) is 0 Å². The van der Waals surface area contributed by atoms with E-state index in [-0.39, 0.29) is 0 Å². The van der Waals surface area contributed by atoms with Gasteiger partial charge in [-0.3, -0.25) is 0 Å². The minimum atomic E-state index is 0.561. The molecule has 0 radical (unpaired) electrons. The van der Waals surface area contributed by atoms with Crippen LogP contribution in [-0.4, -0.2) is 18.1 Å². The minimum Gasteiger partial charge on any atom is -0.357 e. The molecule has 0 saturated heterocycles. The van der Waals surface area contributed by atoms with Gasteiger partial charge in [-0.25, -0.2) is 10.8 Å². The second-order valence-corrected chi connectivity index (χ2v) is 4.21. The Labute approximate surface area is 90.5 Å². The largest absolute Gasteiger partial charge is 0.357 e. The highest BCUT2D eigenvalue weighted by Crippen LogP contribution is 2.35. The number of hydrazine groups is 1. The van der Waals surface area contributed by atoms with Gasteiger partial charge in [-0.1, -0.05) is 6.07 Å².